The average Bonchev–Trinajstić information content (AvgIpc) is 2.23. The number of rotatable bonds is 1. The van der Waals surface area contributed by atoms with Gasteiger partial charge >= 0.3 is 0 Å². The molecule has 1 aromatic rings. The van der Waals surface area contributed by atoms with Crippen LogP contribution in [-0.2, 0) is 4.79 Å². The predicted molar refractivity (Wildman–Crippen MR) is 61.0 cm³/mol. The Morgan fingerprint density at radius 1 is 1.13 bits per heavy atom. The topological polar surface area (TPSA) is 32.7 Å². The van der Waals surface area contributed by atoms with Crippen LogP contribution in [0.25, 0.3) is 0 Å². The maximum absolute atomic E-state index is 11.6. The Balaban J connectivity index is 2.33. The van der Waals surface area contributed by atoms with Crippen molar-refractivity contribution in [3.05, 3.63) is 29.8 Å². The van der Waals surface area contributed by atoms with Crippen molar-refractivity contribution >= 4 is 17.3 Å². The van der Waals surface area contributed by atoms with Gasteiger partial charge in [-0.1, -0.05) is 17.7 Å². The van der Waals surface area contributed by atoms with Gasteiger partial charge in [-0.15, -0.1) is 0 Å². The Labute approximate surface area is 89.4 Å². The summed E-state index contributed by atoms with van der Waals surface area (Å²) in [6, 6.07) is 7.83. The molecule has 1 aromatic carbocycles. The summed E-state index contributed by atoms with van der Waals surface area (Å²) in [6.45, 7) is 3.98. The van der Waals surface area contributed by atoms with Crippen LogP contribution in [0.2, 0.25) is 0 Å². The fourth-order valence-electron chi connectivity index (χ4n) is 1.56. The van der Waals surface area contributed by atoms with E-state index in [2.05, 4.69) is 5.10 Å². The van der Waals surface area contributed by atoms with Crippen molar-refractivity contribution < 1.29 is 4.79 Å². The van der Waals surface area contributed by atoms with E-state index < -0.39 is 0 Å². The molecule has 1 amide bonds. The van der Waals surface area contributed by atoms with Gasteiger partial charge in [-0.25, -0.2) is 5.01 Å². The molecule has 0 radical (unpaired) electrons. The van der Waals surface area contributed by atoms with Crippen molar-refractivity contribution in [1.82, 2.24) is 0 Å². The van der Waals surface area contributed by atoms with Gasteiger partial charge in [0.1, 0.15) is 0 Å². The number of carbonyl (C=O) groups is 1. The summed E-state index contributed by atoms with van der Waals surface area (Å²) >= 11 is 0. The zero-order chi connectivity index (χ0) is 10.8. The van der Waals surface area contributed by atoms with Gasteiger partial charge in [0, 0.05) is 12.1 Å². The van der Waals surface area contributed by atoms with Crippen LogP contribution >= 0.6 is 0 Å². The third-order valence-corrected chi connectivity index (χ3v) is 2.49. The van der Waals surface area contributed by atoms with Gasteiger partial charge in [0.15, 0.2) is 0 Å². The van der Waals surface area contributed by atoms with E-state index in [9.17, 15) is 4.79 Å². The predicted octanol–water partition coefficient (Wildman–Crippen LogP) is 2.50. The lowest BCUT2D eigenvalue weighted by Gasteiger charge is -2.22. The summed E-state index contributed by atoms with van der Waals surface area (Å²) in [5.74, 6) is 0.0736. The first kappa shape index (κ1) is 9.90. The van der Waals surface area contributed by atoms with E-state index in [0.717, 1.165) is 17.8 Å². The minimum atomic E-state index is 0.0736. The van der Waals surface area contributed by atoms with E-state index in [0.29, 0.717) is 6.42 Å². The van der Waals surface area contributed by atoms with Gasteiger partial charge in [-0.2, -0.15) is 5.10 Å². The standard InChI is InChI=1S/C12H14N2O/c1-9-3-6-11(7-4-9)14-12(15)8-5-10(2)13-14/h3-4,6-7H,5,8H2,1-2H3. The Morgan fingerprint density at radius 2 is 1.80 bits per heavy atom. The highest BCUT2D eigenvalue weighted by Crippen LogP contribution is 2.20. The highest BCUT2D eigenvalue weighted by Gasteiger charge is 2.19. The molecule has 1 heterocycles. The summed E-state index contributed by atoms with van der Waals surface area (Å²) in [7, 11) is 0. The number of hydrogen-bond acceptors (Lipinski definition) is 2. The van der Waals surface area contributed by atoms with Crippen molar-refractivity contribution in [3.63, 3.8) is 0 Å². The van der Waals surface area contributed by atoms with Crippen LogP contribution in [0, 0.1) is 6.92 Å². The maximum atomic E-state index is 11.6. The van der Waals surface area contributed by atoms with Gasteiger partial charge < -0.3 is 0 Å². The van der Waals surface area contributed by atoms with E-state index in [-0.39, 0.29) is 5.91 Å². The molecule has 0 saturated carbocycles. The molecule has 0 aliphatic carbocycles. The van der Waals surface area contributed by atoms with Gasteiger partial charge in [0.2, 0.25) is 5.91 Å². The first-order valence-corrected chi connectivity index (χ1v) is 5.10. The fourth-order valence-corrected chi connectivity index (χ4v) is 1.56. The van der Waals surface area contributed by atoms with Crippen molar-refractivity contribution in [1.29, 1.82) is 0 Å². The SMILES string of the molecule is CC1=NN(c2ccc(C)cc2)C(=O)CC1. The van der Waals surface area contributed by atoms with Crippen molar-refractivity contribution in [2.45, 2.75) is 26.7 Å². The third-order valence-electron chi connectivity index (χ3n) is 2.49. The highest BCUT2D eigenvalue weighted by atomic mass is 16.2. The number of carbonyl (C=O) groups excluding carboxylic acids is 1. The minimum absolute atomic E-state index is 0.0736. The number of hydrogen-bond donors (Lipinski definition) is 0. The van der Waals surface area contributed by atoms with E-state index in [1.54, 1.807) is 0 Å². The summed E-state index contributed by atoms with van der Waals surface area (Å²) in [5, 5.41) is 5.76. The molecule has 0 N–H and O–H groups in total. The molecule has 1 aliphatic rings. The van der Waals surface area contributed by atoms with Crippen LogP contribution in [0.15, 0.2) is 29.4 Å². The van der Waals surface area contributed by atoms with Crippen molar-refractivity contribution in [2.75, 3.05) is 5.01 Å². The number of benzene rings is 1. The summed E-state index contributed by atoms with van der Waals surface area (Å²) < 4.78 is 0. The van der Waals surface area contributed by atoms with Crippen LogP contribution in [-0.4, -0.2) is 11.6 Å². The number of anilines is 1. The minimum Gasteiger partial charge on any atom is -0.273 e. The van der Waals surface area contributed by atoms with Gasteiger partial charge in [0.05, 0.1) is 5.69 Å². The molecule has 0 bridgehead atoms. The Bertz CT molecular complexity index is 406. The van der Waals surface area contributed by atoms with Gasteiger partial charge in [0.25, 0.3) is 0 Å². The van der Waals surface area contributed by atoms with Crippen LogP contribution in [0.5, 0.6) is 0 Å². The summed E-state index contributed by atoms with van der Waals surface area (Å²) in [6.07, 6.45) is 1.34. The zero-order valence-electron chi connectivity index (χ0n) is 9.03. The van der Waals surface area contributed by atoms with Gasteiger partial charge in [-0.05, 0) is 32.4 Å². The molecule has 3 nitrogen and oxygen atoms in total. The first-order valence-electron chi connectivity index (χ1n) is 5.10. The molecule has 15 heavy (non-hydrogen) atoms. The summed E-state index contributed by atoms with van der Waals surface area (Å²) in [5.41, 5.74) is 3.05. The molecule has 0 unspecified atom stereocenters. The zero-order valence-corrected chi connectivity index (χ0v) is 9.03. The second-order valence-electron chi connectivity index (χ2n) is 3.88. The Hall–Kier alpha value is -1.64. The van der Waals surface area contributed by atoms with E-state index in [1.165, 1.54) is 10.6 Å². The van der Waals surface area contributed by atoms with Gasteiger partial charge in [-0.3, -0.25) is 4.79 Å². The molecule has 78 valence electrons. The Kier molecular flexibility index (Phi) is 2.54. The second-order valence-corrected chi connectivity index (χ2v) is 3.88. The second kappa shape index (κ2) is 3.85. The molecule has 3 heteroatoms. The molecule has 2 rings (SSSR count). The number of aryl methyl sites for hydroxylation is 1. The lowest BCUT2D eigenvalue weighted by Crippen LogP contribution is -2.30. The Morgan fingerprint density at radius 3 is 2.47 bits per heavy atom. The first-order chi connectivity index (χ1) is 7.16. The van der Waals surface area contributed by atoms with Crippen molar-refractivity contribution in [3.8, 4) is 0 Å². The van der Waals surface area contributed by atoms with Crippen LogP contribution < -0.4 is 5.01 Å². The van der Waals surface area contributed by atoms with Crippen molar-refractivity contribution in [2.24, 2.45) is 5.10 Å². The molecule has 1 aliphatic heterocycles. The molecule has 0 aromatic heterocycles. The highest BCUT2D eigenvalue weighted by molar-refractivity contribution is 6.01. The molecule has 0 atom stereocenters. The van der Waals surface area contributed by atoms with E-state index in [4.69, 9.17) is 0 Å². The smallest absolute Gasteiger partial charge is 0.247 e. The monoisotopic (exact) mass is 202 g/mol. The third kappa shape index (κ3) is 2.06. The number of amides is 1. The number of nitrogens with zero attached hydrogens (tertiary/aromatic N) is 2. The summed E-state index contributed by atoms with van der Waals surface area (Å²) in [4.78, 5) is 11.6. The molecular formula is C12H14N2O. The van der Waals surface area contributed by atoms with E-state index >= 15 is 0 Å². The van der Waals surface area contributed by atoms with Crippen LogP contribution in [0.3, 0.4) is 0 Å². The molecule has 0 saturated heterocycles. The van der Waals surface area contributed by atoms with Crippen LogP contribution in [0.4, 0.5) is 5.69 Å². The fraction of sp³-hybridized carbons (Fsp3) is 0.333. The maximum Gasteiger partial charge on any atom is 0.247 e. The lowest BCUT2D eigenvalue weighted by atomic mass is 10.1. The van der Waals surface area contributed by atoms with Crippen LogP contribution in [0.1, 0.15) is 25.3 Å². The number of hydrazone groups is 1. The normalized spacial score (nSPS) is 16.5. The average molecular weight is 202 g/mol. The lowest BCUT2D eigenvalue weighted by molar-refractivity contribution is -0.118. The molecular weight excluding hydrogens is 188 g/mol. The molecule has 0 fully saturated rings. The van der Waals surface area contributed by atoms with E-state index in [1.807, 2.05) is 38.1 Å². The molecule has 0 spiro atoms. The quantitative estimate of drug-likeness (QED) is 0.688. The largest absolute Gasteiger partial charge is 0.273 e.